The van der Waals surface area contributed by atoms with Crippen molar-refractivity contribution in [3.63, 3.8) is 0 Å². The minimum absolute atomic E-state index is 0.233. The summed E-state index contributed by atoms with van der Waals surface area (Å²) < 4.78 is 1.87. The zero-order valence-electron chi connectivity index (χ0n) is 17.3. The van der Waals surface area contributed by atoms with E-state index in [1.54, 1.807) is 6.20 Å². The van der Waals surface area contributed by atoms with Crippen LogP contribution in [0.25, 0.3) is 0 Å². The highest BCUT2D eigenvalue weighted by Crippen LogP contribution is 2.22. The van der Waals surface area contributed by atoms with E-state index in [4.69, 9.17) is 0 Å². The Morgan fingerprint density at radius 2 is 2.21 bits per heavy atom. The molecule has 0 aliphatic carbocycles. The van der Waals surface area contributed by atoms with E-state index < -0.39 is 0 Å². The van der Waals surface area contributed by atoms with Crippen molar-refractivity contribution < 1.29 is 4.79 Å². The van der Waals surface area contributed by atoms with E-state index in [9.17, 15) is 4.79 Å². The van der Waals surface area contributed by atoms with Crippen molar-refractivity contribution in [2.24, 2.45) is 13.0 Å². The third-order valence-corrected chi connectivity index (χ3v) is 5.55. The van der Waals surface area contributed by atoms with Crippen LogP contribution in [0.1, 0.15) is 43.0 Å². The number of likely N-dealkylation sites (N-methyl/N-ethyl adjacent to an activating group) is 1. The summed E-state index contributed by atoms with van der Waals surface area (Å²) in [6.07, 6.45) is 6.58. The van der Waals surface area contributed by atoms with E-state index in [0.29, 0.717) is 12.3 Å². The van der Waals surface area contributed by atoms with Crippen LogP contribution in [0.15, 0.2) is 24.4 Å². The molecule has 0 aromatic carbocycles. The fourth-order valence-corrected chi connectivity index (χ4v) is 3.90. The highest BCUT2D eigenvalue weighted by molar-refractivity contribution is 5.75. The molecule has 0 N–H and O–H groups in total. The van der Waals surface area contributed by atoms with Gasteiger partial charge < -0.3 is 4.90 Å². The minimum Gasteiger partial charge on any atom is -0.345 e. The second kappa shape index (κ2) is 9.78. The first-order valence-corrected chi connectivity index (χ1v) is 10.2. The summed E-state index contributed by atoms with van der Waals surface area (Å²) in [6.45, 7) is 5.62. The molecule has 1 aliphatic heterocycles. The lowest BCUT2D eigenvalue weighted by molar-refractivity contribution is -0.130. The van der Waals surface area contributed by atoms with Crippen molar-refractivity contribution >= 4 is 5.91 Å². The van der Waals surface area contributed by atoms with Gasteiger partial charge in [0.05, 0.1) is 6.54 Å². The van der Waals surface area contributed by atoms with Gasteiger partial charge in [-0.05, 0) is 50.8 Å². The monoisotopic (exact) mass is 384 g/mol. The largest absolute Gasteiger partial charge is 0.345 e. The summed E-state index contributed by atoms with van der Waals surface area (Å²) in [5.74, 6) is 2.65. The summed E-state index contributed by atoms with van der Waals surface area (Å²) in [7, 11) is 3.85. The lowest BCUT2D eigenvalue weighted by Crippen LogP contribution is -2.36. The molecule has 1 aliphatic rings. The van der Waals surface area contributed by atoms with Gasteiger partial charge in [0.25, 0.3) is 0 Å². The number of pyridine rings is 1. The lowest BCUT2D eigenvalue weighted by Gasteiger charge is -2.32. The Balaban J connectivity index is 1.40. The first-order valence-electron chi connectivity index (χ1n) is 10.2. The highest BCUT2D eigenvalue weighted by Gasteiger charge is 2.22. The highest BCUT2D eigenvalue weighted by atomic mass is 16.2. The third kappa shape index (κ3) is 5.86. The van der Waals surface area contributed by atoms with Gasteiger partial charge in [0.2, 0.25) is 5.91 Å². The number of likely N-dealkylation sites (tertiary alicyclic amines) is 1. The van der Waals surface area contributed by atoms with Gasteiger partial charge in [-0.1, -0.05) is 6.07 Å². The molecule has 0 saturated carbocycles. The Labute approximate surface area is 167 Å². The predicted octanol–water partition coefficient (Wildman–Crippen LogP) is 2.21. The second-order valence-corrected chi connectivity index (χ2v) is 7.87. The van der Waals surface area contributed by atoms with Crippen LogP contribution >= 0.6 is 0 Å². The second-order valence-electron chi connectivity index (χ2n) is 7.87. The van der Waals surface area contributed by atoms with Gasteiger partial charge in [0.1, 0.15) is 11.6 Å². The molecule has 1 atom stereocenters. The SMILES string of the molecule is Cc1nc(CN2CCC[C@H](CCC(=O)N(C)CCc3ccccn3)C2)n(C)n1. The van der Waals surface area contributed by atoms with Gasteiger partial charge in [-0.2, -0.15) is 5.10 Å². The lowest BCUT2D eigenvalue weighted by atomic mass is 9.93. The Kier molecular flexibility index (Phi) is 7.14. The van der Waals surface area contributed by atoms with Crippen LogP contribution in [0.4, 0.5) is 0 Å². The van der Waals surface area contributed by atoms with Crippen LogP contribution < -0.4 is 0 Å². The Morgan fingerprint density at radius 3 is 2.93 bits per heavy atom. The van der Waals surface area contributed by atoms with Crippen LogP contribution in [-0.2, 0) is 24.8 Å². The van der Waals surface area contributed by atoms with E-state index in [0.717, 1.165) is 56.4 Å². The predicted molar refractivity (Wildman–Crippen MR) is 109 cm³/mol. The molecule has 0 bridgehead atoms. The van der Waals surface area contributed by atoms with Gasteiger partial charge in [-0.25, -0.2) is 4.98 Å². The number of hydrogen-bond donors (Lipinski definition) is 0. The topological polar surface area (TPSA) is 67.2 Å². The van der Waals surface area contributed by atoms with Gasteiger partial charge in [0, 0.05) is 51.9 Å². The zero-order valence-corrected chi connectivity index (χ0v) is 17.3. The standard InChI is InChI=1S/C21H32N6O/c1-17-23-20(26(3)24-17)16-27-13-6-7-18(15-27)9-10-21(28)25(2)14-11-19-8-4-5-12-22-19/h4-5,8,12,18H,6-7,9-11,13-16H2,1-3H3/t18-/m1/s1. The number of nitrogens with zero attached hydrogens (tertiary/aromatic N) is 6. The van der Waals surface area contributed by atoms with Crippen LogP contribution in [0, 0.1) is 12.8 Å². The maximum absolute atomic E-state index is 12.5. The fourth-order valence-electron chi connectivity index (χ4n) is 3.90. The van der Waals surface area contributed by atoms with E-state index in [-0.39, 0.29) is 5.91 Å². The number of rotatable bonds is 8. The van der Waals surface area contributed by atoms with Crippen LogP contribution in [-0.4, -0.2) is 62.1 Å². The number of hydrogen-bond acceptors (Lipinski definition) is 5. The van der Waals surface area contributed by atoms with Crippen molar-refractivity contribution in [1.82, 2.24) is 29.5 Å². The Bertz CT molecular complexity index is 760. The summed E-state index contributed by atoms with van der Waals surface area (Å²) in [5, 5.41) is 4.34. The minimum atomic E-state index is 0.233. The number of amides is 1. The van der Waals surface area contributed by atoms with Gasteiger partial charge in [-0.15, -0.1) is 0 Å². The molecule has 3 heterocycles. The molecular weight excluding hydrogens is 352 g/mol. The smallest absolute Gasteiger partial charge is 0.222 e. The summed E-state index contributed by atoms with van der Waals surface area (Å²) in [6, 6.07) is 5.91. The molecule has 2 aromatic rings. The van der Waals surface area contributed by atoms with E-state index in [1.165, 1.54) is 12.8 Å². The molecule has 0 spiro atoms. The average molecular weight is 385 g/mol. The maximum Gasteiger partial charge on any atom is 0.222 e. The van der Waals surface area contributed by atoms with Gasteiger partial charge >= 0.3 is 0 Å². The molecular formula is C21H32N6O. The molecule has 7 heteroatoms. The molecule has 3 rings (SSSR count). The van der Waals surface area contributed by atoms with Gasteiger partial charge in [0.15, 0.2) is 0 Å². The number of aromatic nitrogens is 4. The molecule has 0 unspecified atom stereocenters. The Hall–Kier alpha value is -2.28. The molecule has 152 valence electrons. The van der Waals surface area contributed by atoms with Crippen molar-refractivity contribution in [2.45, 2.75) is 45.6 Å². The zero-order chi connectivity index (χ0) is 19.9. The van der Waals surface area contributed by atoms with Crippen molar-refractivity contribution in [3.8, 4) is 0 Å². The maximum atomic E-state index is 12.5. The molecule has 1 saturated heterocycles. The molecule has 2 aromatic heterocycles. The molecule has 7 nitrogen and oxygen atoms in total. The Morgan fingerprint density at radius 1 is 1.36 bits per heavy atom. The fraction of sp³-hybridized carbons (Fsp3) is 0.619. The first kappa shape index (κ1) is 20.5. The number of aryl methyl sites for hydroxylation is 2. The molecule has 28 heavy (non-hydrogen) atoms. The first-order chi connectivity index (χ1) is 13.5. The van der Waals surface area contributed by atoms with Crippen molar-refractivity contribution in [3.05, 3.63) is 41.7 Å². The summed E-state index contributed by atoms with van der Waals surface area (Å²) in [5.41, 5.74) is 1.03. The molecule has 1 amide bonds. The van der Waals surface area contributed by atoms with Crippen LogP contribution in [0.2, 0.25) is 0 Å². The number of carbonyl (C=O) groups is 1. The van der Waals surface area contributed by atoms with Crippen LogP contribution in [0.3, 0.4) is 0 Å². The average Bonchev–Trinajstić information content (AvgIpc) is 3.02. The molecule has 0 radical (unpaired) electrons. The van der Waals surface area contributed by atoms with E-state index >= 15 is 0 Å². The summed E-state index contributed by atoms with van der Waals surface area (Å²) in [4.78, 5) is 25.6. The normalized spacial score (nSPS) is 17.6. The van der Waals surface area contributed by atoms with E-state index in [2.05, 4.69) is 20.0 Å². The van der Waals surface area contributed by atoms with Crippen LogP contribution in [0.5, 0.6) is 0 Å². The van der Waals surface area contributed by atoms with Crippen molar-refractivity contribution in [2.75, 3.05) is 26.7 Å². The summed E-state index contributed by atoms with van der Waals surface area (Å²) >= 11 is 0. The number of carbonyl (C=O) groups excluding carboxylic acids is 1. The van der Waals surface area contributed by atoms with Gasteiger partial charge in [-0.3, -0.25) is 19.4 Å². The third-order valence-electron chi connectivity index (χ3n) is 5.55. The number of piperidine rings is 1. The molecule has 1 fully saturated rings. The van der Waals surface area contributed by atoms with E-state index in [1.807, 2.05) is 48.8 Å². The van der Waals surface area contributed by atoms with Crippen molar-refractivity contribution in [1.29, 1.82) is 0 Å². The quantitative estimate of drug-likeness (QED) is 0.698.